The Morgan fingerprint density at radius 1 is 1.10 bits per heavy atom. The molecule has 0 aliphatic carbocycles. The van der Waals surface area contributed by atoms with Gasteiger partial charge in [0.25, 0.3) is 0 Å². The van der Waals surface area contributed by atoms with Gasteiger partial charge >= 0.3 is 5.97 Å². The van der Waals surface area contributed by atoms with E-state index in [1.807, 2.05) is 6.07 Å². The van der Waals surface area contributed by atoms with Crippen molar-refractivity contribution in [1.82, 2.24) is 0 Å². The van der Waals surface area contributed by atoms with E-state index in [1.54, 1.807) is 12.1 Å². The third-order valence-corrected chi connectivity index (χ3v) is 3.89. The Kier molecular flexibility index (Phi) is 8.91. The lowest BCUT2D eigenvalue weighted by atomic mass is 10.1. The minimum atomic E-state index is -0.990. The Bertz CT molecular complexity index is 435. The van der Waals surface area contributed by atoms with E-state index >= 15 is 0 Å². The molecule has 0 atom stereocenters. The lowest BCUT2D eigenvalue weighted by molar-refractivity contribution is 0.0697. The molecule has 3 nitrogen and oxygen atoms in total. The highest BCUT2D eigenvalue weighted by Gasteiger charge is 2.08. The van der Waals surface area contributed by atoms with Crippen molar-refractivity contribution in [1.29, 1.82) is 0 Å². The van der Waals surface area contributed by atoms with Crippen molar-refractivity contribution in [3.63, 3.8) is 0 Å². The van der Waals surface area contributed by atoms with E-state index in [4.69, 9.17) is 16.7 Å². The fourth-order valence-corrected chi connectivity index (χ4v) is 2.49. The SMILES string of the molecule is CCCCCCCCCCNc1ccc(Cl)c(C(=O)O)c1. The number of carboxylic acid groups (broad SMARTS) is 1. The summed E-state index contributed by atoms with van der Waals surface area (Å²) in [6, 6.07) is 5.04. The van der Waals surface area contributed by atoms with E-state index in [1.165, 1.54) is 44.9 Å². The molecular formula is C17H26ClNO2. The molecule has 1 aromatic carbocycles. The number of carboxylic acids is 1. The first-order chi connectivity index (χ1) is 10.1. The van der Waals surface area contributed by atoms with Gasteiger partial charge in [-0.15, -0.1) is 0 Å². The molecule has 1 rings (SSSR count). The Labute approximate surface area is 132 Å². The number of anilines is 1. The first kappa shape index (κ1) is 17.8. The second kappa shape index (κ2) is 10.5. The molecule has 0 heterocycles. The van der Waals surface area contributed by atoms with Crippen LogP contribution in [0.3, 0.4) is 0 Å². The monoisotopic (exact) mass is 311 g/mol. The number of hydrogen-bond acceptors (Lipinski definition) is 2. The smallest absolute Gasteiger partial charge is 0.337 e. The number of hydrogen-bond donors (Lipinski definition) is 2. The summed E-state index contributed by atoms with van der Waals surface area (Å²) in [4.78, 5) is 11.0. The zero-order chi connectivity index (χ0) is 15.5. The van der Waals surface area contributed by atoms with Gasteiger partial charge in [-0.3, -0.25) is 0 Å². The fraction of sp³-hybridized carbons (Fsp3) is 0.588. The van der Waals surface area contributed by atoms with Gasteiger partial charge in [0.05, 0.1) is 10.6 Å². The number of halogens is 1. The highest BCUT2D eigenvalue weighted by Crippen LogP contribution is 2.20. The van der Waals surface area contributed by atoms with E-state index in [9.17, 15) is 4.79 Å². The molecule has 21 heavy (non-hydrogen) atoms. The second-order valence-corrected chi connectivity index (χ2v) is 5.81. The minimum Gasteiger partial charge on any atom is -0.478 e. The molecule has 0 bridgehead atoms. The number of nitrogens with one attached hydrogen (secondary N) is 1. The molecule has 2 N–H and O–H groups in total. The van der Waals surface area contributed by atoms with E-state index in [-0.39, 0.29) is 10.6 Å². The van der Waals surface area contributed by atoms with Gasteiger partial charge in [0.1, 0.15) is 0 Å². The Hall–Kier alpha value is -1.22. The summed E-state index contributed by atoms with van der Waals surface area (Å²) < 4.78 is 0. The average Bonchev–Trinajstić information content (AvgIpc) is 2.47. The lowest BCUT2D eigenvalue weighted by Crippen LogP contribution is -2.04. The van der Waals surface area contributed by atoms with Gasteiger partial charge in [0.2, 0.25) is 0 Å². The summed E-state index contributed by atoms with van der Waals surface area (Å²) in [6.45, 7) is 3.11. The van der Waals surface area contributed by atoms with Crippen molar-refractivity contribution in [2.75, 3.05) is 11.9 Å². The van der Waals surface area contributed by atoms with Crippen LogP contribution in [0.4, 0.5) is 5.69 Å². The van der Waals surface area contributed by atoms with E-state index in [2.05, 4.69) is 12.2 Å². The molecule has 0 spiro atoms. The maximum absolute atomic E-state index is 11.0. The maximum Gasteiger partial charge on any atom is 0.337 e. The molecule has 0 aromatic heterocycles. The van der Waals surface area contributed by atoms with Gasteiger partial charge in [0, 0.05) is 12.2 Å². The molecule has 0 radical (unpaired) electrons. The summed E-state index contributed by atoms with van der Waals surface area (Å²) in [5.41, 5.74) is 0.970. The van der Waals surface area contributed by atoms with Crippen molar-refractivity contribution in [3.05, 3.63) is 28.8 Å². The quantitative estimate of drug-likeness (QED) is 0.524. The summed E-state index contributed by atoms with van der Waals surface area (Å²) >= 11 is 5.84. The number of carbonyl (C=O) groups is 1. The molecule has 4 heteroatoms. The molecule has 0 unspecified atom stereocenters. The van der Waals surface area contributed by atoms with Gasteiger partial charge in [-0.2, -0.15) is 0 Å². The predicted octanol–water partition coefficient (Wildman–Crippen LogP) is 5.59. The highest BCUT2D eigenvalue weighted by atomic mass is 35.5. The molecule has 0 fully saturated rings. The molecule has 118 valence electrons. The van der Waals surface area contributed by atoms with Crippen molar-refractivity contribution in [3.8, 4) is 0 Å². The third kappa shape index (κ3) is 7.37. The van der Waals surface area contributed by atoms with Crippen LogP contribution in [-0.2, 0) is 0 Å². The predicted molar refractivity (Wildman–Crippen MR) is 89.5 cm³/mol. The standard InChI is InChI=1S/C17H26ClNO2/c1-2-3-4-5-6-7-8-9-12-19-14-10-11-16(18)15(13-14)17(20)21/h10-11,13,19H,2-9,12H2,1H3,(H,20,21). The lowest BCUT2D eigenvalue weighted by Gasteiger charge is -2.08. The average molecular weight is 312 g/mol. The van der Waals surface area contributed by atoms with Crippen LogP contribution in [0, 0.1) is 0 Å². The summed E-state index contributed by atoms with van der Waals surface area (Å²) in [5.74, 6) is -0.990. The number of aromatic carboxylic acids is 1. The van der Waals surface area contributed by atoms with Crippen LogP contribution < -0.4 is 5.32 Å². The van der Waals surface area contributed by atoms with Crippen molar-refractivity contribution in [2.24, 2.45) is 0 Å². The Balaban J connectivity index is 2.16. The van der Waals surface area contributed by atoms with Crippen molar-refractivity contribution in [2.45, 2.75) is 58.3 Å². The van der Waals surface area contributed by atoms with Gasteiger partial charge in [-0.25, -0.2) is 4.79 Å². The third-order valence-electron chi connectivity index (χ3n) is 3.56. The molecular weight excluding hydrogens is 286 g/mol. The van der Waals surface area contributed by atoms with Gasteiger partial charge in [-0.05, 0) is 24.6 Å². The first-order valence-corrected chi connectivity index (χ1v) is 8.29. The topological polar surface area (TPSA) is 49.3 Å². The van der Waals surface area contributed by atoms with Gasteiger partial charge in [0.15, 0.2) is 0 Å². The number of unbranched alkanes of at least 4 members (excludes halogenated alkanes) is 7. The van der Waals surface area contributed by atoms with Crippen LogP contribution in [-0.4, -0.2) is 17.6 Å². The molecule has 0 aliphatic rings. The molecule has 0 saturated carbocycles. The summed E-state index contributed by atoms with van der Waals surface area (Å²) in [7, 11) is 0. The molecule has 0 saturated heterocycles. The van der Waals surface area contributed by atoms with Crippen molar-refractivity contribution >= 4 is 23.3 Å². The van der Waals surface area contributed by atoms with Crippen LogP contribution in [0.5, 0.6) is 0 Å². The Morgan fingerprint density at radius 2 is 1.71 bits per heavy atom. The minimum absolute atomic E-state index is 0.151. The summed E-state index contributed by atoms with van der Waals surface area (Å²) in [6.07, 6.45) is 10.3. The second-order valence-electron chi connectivity index (χ2n) is 5.40. The molecule has 0 amide bonds. The maximum atomic E-state index is 11.0. The van der Waals surface area contributed by atoms with Crippen LogP contribution in [0.15, 0.2) is 18.2 Å². The van der Waals surface area contributed by atoms with Crippen LogP contribution in [0.1, 0.15) is 68.6 Å². The molecule has 1 aromatic rings. The van der Waals surface area contributed by atoms with Gasteiger partial charge in [-0.1, -0.05) is 63.5 Å². The van der Waals surface area contributed by atoms with Crippen LogP contribution in [0.2, 0.25) is 5.02 Å². The van der Waals surface area contributed by atoms with Crippen LogP contribution in [0.25, 0.3) is 0 Å². The number of benzene rings is 1. The van der Waals surface area contributed by atoms with Crippen LogP contribution >= 0.6 is 11.6 Å². The highest BCUT2D eigenvalue weighted by molar-refractivity contribution is 6.33. The fourth-order valence-electron chi connectivity index (χ4n) is 2.29. The van der Waals surface area contributed by atoms with Gasteiger partial charge < -0.3 is 10.4 Å². The van der Waals surface area contributed by atoms with E-state index in [0.717, 1.165) is 18.7 Å². The van der Waals surface area contributed by atoms with E-state index < -0.39 is 5.97 Å². The first-order valence-electron chi connectivity index (χ1n) is 7.92. The zero-order valence-corrected chi connectivity index (χ0v) is 13.6. The Morgan fingerprint density at radius 3 is 2.33 bits per heavy atom. The van der Waals surface area contributed by atoms with E-state index in [0.29, 0.717) is 0 Å². The molecule has 0 aliphatic heterocycles. The largest absolute Gasteiger partial charge is 0.478 e. The van der Waals surface area contributed by atoms with Crippen molar-refractivity contribution < 1.29 is 9.90 Å². The normalized spacial score (nSPS) is 10.6. The zero-order valence-electron chi connectivity index (χ0n) is 12.8. The summed E-state index contributed by atoms with van der Waals surface area (Å²) in [5, 5.41) is 12.5. The number of rotatable bonds is 11.